The first-order chi connectivity index (χ1) is 5.16. The van der Waals surface area contributed by atoms with Crippen molar-refractivity contribution in [1.82, 2.24) is 9.80 Å². The summed E-state index contributed by atoms with van der Waals surface area (Å²) in [5.74, 6) is 0. The van der Waals surface area contributed by atoms with Crippen molar-refractivity contribution in [3.8, 4) is 0 Å². The van der Waals surface area contributed by atoms with Crippen LogP contribution < -0.4 is 0 Å². The summed E-state index contributed by atoms with van der Waals surface area (Å²) in [6.45, 7) is 4.23. The van der Waals surface area contributed by atoms with Gasteiger partial charge in [0.25, 0.3) is 0 Å². The van der Waals surface area contributed by atoms with Crippen LogP contribution >= 0.6 is 0 Å². The van der Waals surface area contributed by atoms with Gasteiger partial charge in [0.1, 0.15) is 0 Å². The van der Waals surface area contributed by atoms with E-state index in [1.807, 2.05) is 0 Å². The molecule has 0 saturated heterocycles. The number of likely N-dealkylation sites (N-methyl/N-ethyl adjacent to an activating group) is 2. The molecule has 0 aromatic heterocycles. The molecule has 0 aliphatic rings. The van der Waals surface area contributed by atoms with E-state index in [0.29, 0.717) is 26.6 Å². The van der Waals surface area contributed by atoms with Crippen LogP contribution in [-0.2, 0) is 29.2 Å². The van der Waals surface area contributed by atoms with Gasteiger partial charge >= 0.3 is 86.4 Å². The third kappa shape index (κ3) is 8.72. The fourth-order valence-electron chi connectivity index (χ4n) is 0.703. The minimum absolute atomic E-state index is 0.507. The van der Waals surface area contributed by atoms with Gasteiger partial charge in [0.15, 0.2) is 0 Å². The van der Waals surface area contributed by atoms with Gasteiger partial charge < -0.3 is 0 Å². The Bertz CT molecular complexity index is 90.5. The monoisotopic (exact) mass is 347 g/mol. The van der Waals surface area contributed by atoms with Crippen molar-refractivity contribution in [2.75, 3.05) is 47.4 Å². The van der Waals surface area contributed by atoms with Crippen LogP contribution in [0.2, 0.25) is 0 Å². The van der Waals surface area contributed by atoms with Crippen LogP contribution in [0.25, 0.3) is 0 Å². The Morgan fingerprint density at radius 3 is 2.18 bits per heavy atom. The van der Waals surface area contributed by atoms with Gasteiger partial charge in [0.05, 0.1) is 0 Å². The molecule has 0 aromatic carbocycles. The van der Waals surface area contributed by atoms with E-state index in [1.165, 1.54) is 0 Å². The van der Waals surface area contributed by atoms with Gasteiger partial charge in [-0.3, -0.25) is 0 Å². The predicted octanol–water partition coefficient (Wildman–Crippen LogP) is -0.0418. The summed E-state index contributed by atoms with van der Waals surface area (Å²) in [5, 5.41) is 0. The number of hydrogen-bond donors (Lipinski definition) is 0. The third-order valence-corrected chi connectivity index (χ3v) is 2.67. The topological polar surface area (TPSA) is 15.7 Å². The van der Waals surface area contributed by atoms with Crippen LogP contribution in [0.15, 0.2) is 0 Å². The summed E-state index contributed by atoms with van der Waals surface area (Å²) in [6.07, 6.45) is 0. The van der Waals surface area contributed by atoms with Crippen LogP contribution in [0.5, 0.6) is 0 Å². The second-order valence-corrected chi connectivity index (χ2v) is 4.60. The van der Waals surface area contributed by atoms with E-state index >= 15 is 0 Å². The van der Waals surface area contributed by atoms with Crippen molar-refractivity contribution in [3.63, 3.8) is 0 Å². The Labute approximate surface area is 86.3 Å². The molecular weight excluding hydrogens is 329 g/mol. The van der Waals surface area contributed by atoms with Crippen molar-refractivity contribution < 1.29 is 29.2 Å². The average Bonchev–Trinajstić information content (AvgIpc) is 1.97. The summed E-state index contributed by atoms with van der Waals surface area (Å²) in [4.78, 5) is 4.49. The second kappa shape index (κ2) is 7.46. The zero-order chi connectivity index (χ0) is 8.69. The molecule has 11 heavy (non-hydrogen) atoms. The Morgan fingerprint density at radius 2 is 1.73 bits per heavy atom. The standard InChI is InChI=1S/C7H17N2O.Hg/c1-8(2)4-5-9(3)6-7-10;/h4-7H2,1-3H3;/q-1;+1. The van der Waals surface area contributed by atoms with E-state index in [-0.39, 0.29) is 0 Å². The fourth-order valence-corrected chi connectivity index (χ4v) is 1.20. The Morgan fingerprint density at radius 1 is 1.09 bits per heavy atom. The molecule has 0 aliphatic heterocycles. The van der Waals surface area contributed by atoms with Gasteiger partial charge in [-0.05, 0) is 0 Å². The first-order valence-corrected chi connectivity index (χ1v) is 6.11. The van der Waals surface area contributed by atoms with Crippen LogP contribution in [0.4, 0.5) is 0 Å². The molecular formula is C7H17HgN2O. The molecule has 0 aliphatic carbocycles. The number of nitrogens with zero attached hydrogens (tertiary/aromatic N) is 2. The Balaban J connectivity index is 3.15. The molecule has 0 saturated carbocycles. The van der Waals surface area contributed by atoms with E-state index < -0.39 is 0 Å². The van der Waals surface area contributed by atoms with E-state index in [4.69, 9.17) is 2.64 Å². The predicted molar refractivity (Wildman–Crippen MR) is 42.0 cm³/mol. The molecule has 0 fully saturated rings. The van der Waals surface area contributed by atoms with Crippen molar-refractivity contribution >= 4 is 0 Å². The zero-order valence-electron chi connectivity index (χ0n) is 7.84. The molecule has 0 spiro atoms. The first kappa shape index (κ1) is 11.8. The number of hydrogen-bond acceptors (Lipinski definition) is 3. The molecule has 4 heteroatoms. The first-order valence-electron chi connectivity index (χ1n) is 3.87. The molecule has 0 unspecified atom stereocenters. The van der Waals surface area contributed by atoms with Crippen molar-refractivity contribution in [2.24, 2.45) is 0 Å². The summed E-state index contributed by atoms with van der Waals surface area (Å²) >= 11 is 0.507. The van der Waals surface area contributed by atoms with Gasteiger partial charge in [0, 0.05) is 0 Å². The quantitative estimate of drug-likeness (QED) is 0.628. The fraction of sp³-hybridized carbons (Fsp3) is 1.00. The molecule has 0 bridgehead atoms. The molecule has 0 heterocycles. The van der Waals surface area contributed by atoms with Gasteiger partial charge in [-0.15, -0.1) is 0 Å². The van der Waals surface area contributed by atoms with Gasteiger partial charge in [0.2, 0.25) is 0 Å². The van der Waals surface area contributed by atoms with Crippen molar-refractivity contribution in [1.29, 1.82) is 0 Å². The molecule has 0 atom stereocenters. The van der Waals surface area contributed by atoms with Gasteiger partial charge in [-0.2, -0.15) is 0 Å². The molecule has 3 nitrogen and oxygen atoms in total. The molecule has 63 valence electrons. The van der Waals surface area contributed by atoms with E-state index in [1.54, 1.807) is 0 Å². The third-order valence-electron chi connectivity index (χ3n) is 1.55. The van der Waals surface area contributed by atoms with Crippen LogP contribution in [-0.4, -0.2) is 57.2 Å². The van der Waals surface area contributed by atoms with Crippen LogP contribution in [0, 0.1) is 0 Å². The summed E-state index contributed by atoms with van der Waals surface area (Å²) in [7, 11) is 6.33. The maximum atomic E-state index is 5.16. The van der Waals surface area contributed by atoms with Crippen molar-refractivity contribution in [3.05, 3.63) is 0 Å². The van der Waals surface area contributed by atoms with E-state index in [9.17, 15) is 0 Å². The Kier molecular flexibility index (Phi) is 8.02. The van der Waals surface area contributed by atoms with Crippen molar-refractivity contribution in [2.45, 2.75) is 0 Å². The number of rotatable bonds is 6. The molecule has 0 aromatic rings. The summed E-state index contributed by atoms with van der Waals surface area (Å²) in [6, 6.07) is 0. The van der Waals surface area contributed by atoms with Gasteiger partial charge in [-0.25, -0.2) is 0 Å². The normalized spacial score (nSPS) is 11.5. The van der Waals surface area contributed by atoms with Crippen LogP contribution in [0.3, 0.4) is 0 Å². The van der Waals surface area contributed by atoms with E-state index in [0.717, 1.165) is 26.2 Å². The maximum absolute atomic E-state index is 5.16. The average molecular weight is 346 g/mol. The van der Waals surface area contributed by atoms with E-state index in [2.05, 4.69) is 30.9 Å². The second-order valence-electron chi connectivity index (χ2n) is 3.01. The minimum atomic E-state index is 0.507. The van der Waals surface area contributed by atoms with Gasteiger partial charge in [-0.1, -0.05) is 0 Å². The Hall–Kier alpha value is 0.815. The SMILES string of the molecule is CN(C)CCN(C)CC[O][Hg]. The molecule has 0 radical (unpaired) electrons. The molecule has 0 rings (SSSR count). The summed E-state index contributed by atoms with van der Waals surface area (Å²) in [5.41, 5.74) is 0. The summed E-state index contributed by atoms with van der Waals surface area (Å²) < 4.78 is 5.16. The zero-order valence-corrected chi connectivity index (χ0v) is 13.3. The molecule has 0 N–H and O–H groups in total. The molecule has 0 amide bonds. The van der Waals surface area contributed by atoms with Crippen LogP contribution in [0.1, 0.15) is 0 Å².